The van der Waals surface area contributed by atoms with Crippen molar-refractivity contribution in [2.75, 3.05) is 13.2 Å². The zero-order valence-corrected chi connectivity index (χ0v) is 9.82. The van der Waals surface area contributed by atoms with Crippen LogP contribution in [-0.2, 0) is 6.54 Å². The normalized spacial score (nSPS) is 15.2. The number of nitrogens with one attached hydrogen (secondary N) is 1. The summed E-state index contributed by atoms with van der Waals surface area (Å²) >= 11 is 0. The third-order valence-corrected chi connectivity index (χ3v) is 2.76. The molecule has 0 fully saturated rings. The molecule has 0 saturated heterocycles. The van der Waals surface area contributed by atoms with E-state index in [4.69, 9.17) is 0 Å². The largest absolute Gasteiger partial charge is 0.394 e. The fourth-order valence-corrected chi connectivity index (χ4v) is 1.64. The van der Waals surface area contributed by atoms with Crippen molar-refractivity contribution in [1.82, 2.24) is 15.1 Å². The zero-order valence-electron chi connectivity index (χ0n) is 9.82. The van der Waals surface area contributed by atoms with Gasteiger partial charge in [0.15, 0.2) is 0 Å². The maximum absolute atomic E-state index is 9.32. The van der Waals surface area contributed by atoms with Crippen molar-refractivity contribution in [3.63, 3.8) is 0 Å². The smallest absolute Gasteiger partial charge is 0.0611 e. The lowest BCUT2D eigenvalue weighted by atomic mass is 9.99. The summed E-state index contributed by atoms with van der Waals surface area (Å²) in [5.74, 6) is 0. The van der Waals surface area contributed by atoms with E-state index in [1.165, 1.54) is 0 Å². The predicted octanol–water partition coefficient (Wildman–Crippen LogP) is 0.942. The number of aromatic nitrogens is 2. The Labute approximate surface area is 91.3 Å². The van der Waals surface area contributed by atoms with Crippen LogP contribution < -0.4 is 5.32 Å². The number of aliphatic hydroxyl groups excluding tert-OH is 1. The van der Waals surface area contributed by atoms with Crippen molar-refractivity contribution in [2.24, 2.45) is 0 Å². The summed E-state index contributed by atoms with van der Waals surface area (Å²) in [7, 11) is 0. The molecule has 1 rings (SSSR count). The van der Waals surface area contributed by atoms with E-state index in [0.717, 1.165) is 25.2 Å². The number of hydrogen-bond donors (Lipinski definition) is 2. The van der Waals surface area contributed by atoms with Gasteiger partial charge in [0.25, 0.3) is 0 Å². The highest BCUT2D eigenvalue weighted by molar-refractivity contribution is 4.96. The molecule has 86 valence electrons. The molecule has 0 amide bonds. The van der Waals surface area contributed by atoms with Crippen molar-refractivity contribution in [2.45, 2.75) is 39.3 Å². The lowest BCUT2D eigenvalue weighted by Crippen LogP contribution is -2.46. The van der Waals surface area contributed by atoms with Gasteiger partial charge in [0.1, 0.15) is 0 Å². The Hall–Kier alpha value is -0.870. The summed E-state index contributed by atoms with van der Waals surface area (Å²) in [6.07, 6.45) is 2.68. The predicted molar refractivity (Wildman–Crippen MR) is 60.7 cm³/mol. The van der Waals surface area contributed by atoms with Gasteiger partial charge in [0.2, 0.25) is 0 Å². The minimum Gasteiger partial charge on any atom is -0.394 e. The van der Waals surface area contributed by atoms with Gasteiger partial charge in [-0.15, -0.1) is 0 Å². The number of rotatable bonds is 6. The van der Waals surface area contributed by atoms with Crippen LogP contribution in [0, 0.1) is 6.92 Å². The first-order valence-corrected chi connectivity index (χ1v) is 5.45. The Morgan fingerprint density at radius 3 is 2.80 bits per heavy atom. The SMILES string of the molecule is CCNC(C)(CO)CCn1nccc1C. The van der Waals surface area contributed by atoms with Gasteiger partial charge in [0.05, 0.1) is 6.61 Å². The first kappa shape index (κ1) is 12.2. The molecular weight excluding hydrogens is 190 g/mol. The number of nitrogens with zero attached hydrogens (tertiary/aromatic N) is 2. The molecule has 1 aromatic heterocycles. The molecule has 0 aromatic carbocycles. The quantitative estimate of drug-likeness (QED) is 0.736. The van der Waals surface area contributed by atoms with Crippen LogP contribution in [0.4, 0.5) is 0 Å². The zero-order chi connectivity index (χ0) is 11.3. The highest BCUT2D eigenvalue weighted by atomic mass is 16.3. The van der Waals surface area contributed by atoms with Gasteiger partial charge in [-0.05, 0) is 32.9 Å². The van der Waals surface area contributed by atoms with Crippen LogP contribution in [0.1, 0.15) is 26.0 Å². The van der Waals surface area contributed by atoms with E-state index in [-0.39, 0.29) is 12.1 Å². The van der Waals surface area contributed by atoms with E-state index in [2.05, 4.69) is 10.4 Å². The van der Waals surface area contributed by atoms with Crippen molar-refractivity contribution in [1.29, 1.82) is 0 Å². The summed E-state index contributed by atoms with van der Waals surface area (Å²) in [5.41, 5.74) is 0.958. The molecule has 0 aliphatic rings. The molecule has 1 aromatic rings. The van der Waals surface area contributed by atoms with Gasteiger partial charge in [-0.3, -0.25) is 4.68 Å². The van der Waals surface area contributed by atoms with Crippen LogP contribution >= 0.6 is 0 Å². The van der Waals surface area contributed by atoms with Crippen LogP contribution in [0.2, 0.25) is 0 Å². The Balaban J connectivity index is 2.51. The summed E-state index contributed by atoms with van der Waals surface area (Å²) < 4.78 is 1.96. The van der Waals surface area contributed by atoms with Gasteiger partial charge in [-0.25, -0.2) is 0 Å². The highest BCUT2D eigenvalue weighted by Gasteiger charge is 2.21. The second-order valence-corrected chi connectivity index (χ2v) is 4.19. The molecule has 4 nitrogen and oxygen atoms in total. The third kappa shape index (κ3) is 3.32. The van der Waals surface area contributed by atoms with E-state index in [9.17, 15) is 5.11 Å². The Morgan fingerprint density at radius 2 is 2.33 bits per heavy atom. The van der Waals surface area contributed by atoms with E-state index in [0.29, 0.717) is 0 Å². The second kappa shape index (κ2) is 5.28. The molecule has 0 saturated carbocycles. The fourth-order valence-electron chi connectivity index (χ4n) is 1.64. The van der Waals surface area contributed by atoms with E-state index >= 15 is 0 Å². The number of aryl methyl sites for hydroxylation is 2. The van der Waals surface area contributed by atoms with Gasteiger partial charge in [0, 0.05) is 24.0 Å². The van der Waals surface area contributed by atoms with E-state index in [1.54, 1.807) is 6.20 Å². The molecule has 0 aliphatic heterocycles. The summed E-state index contributed by atoms with van der Waals surface area (Å²) in [4.78, 5) is 0. The maximum Gasteiger partial charge on any atom is 0.0611 e. The number of likely N-dealkylation sites (N-methyl/N-ethyl adjacent to an activating group) is 1. The molecule has 1 atom stereocenters. The van der Waals surface area contributed by atoms with Crippen LogP contribution in [0.25, 0.3) is 0 Å². The molecule has 2 N–H and O–H groups in total. The molecule has 1 heterocycles. The fraction of sp³-hybridized carbons (Fsp3) is 0.727. The molecule has 0 radical (unpaired) electrons. The van der Waals surface area contributed by atoms with Crippen molar-refractivity contribution in [3.8, 4) is 0 Å². The molecule has 0 aliphatic carbocycles. The van der Waals surface area contributed by atoms with Gasteiger partial charge in [-0.2, -0.15) is 5.10 Å². The summed E-state index contributed by atoms with van der Waals surface area (Å²) in [6.45, 7) is 7.98. The average Bonchev–Trinajstić information content (AvgIpc) is 2.62. The topological polar surface area (TPSA) is 50.1 Å². The molecule has 15 heavy (non-hydrogen) atoms. The first-order chi connectivity index (χ1) is 7.11. The Kier molecular flexibility index (Phi) is 4.29. The molecular formula is C11H21N3O. The van der Waals surface area contributed by atoms with Crippen LogP contribution in [0.5, 0.6) is 0 Å². The Morgan fingerprint density at radius 1 is 1.60 bits per heavy atom. The molecule has 0 spiro atoms. The van der Waals surface area contributed by atoms with Crippen molar-refractivity contribution < 1.29 is 5.11 Å². The molecule has 0 bridgehead atoms. The second-order valence-electron chi connectivity index (χ2n) is 4.19. The molecule has 4 heteroatoms. The Bertz CT molecular complexity index is 298. The lowest BCUT2D eigenvalue weighted by Gasteiger charge is -2.28. The minimum absolute atomic E-state index is 0.154. The highest BCUT2D eigenvalue weighted by Crippen LogP contribution is 2.10. The van der Waals surface area contributed by atoms with E-state index in [1.807, 2.05) is 31.5 Å². The summed E-state index contributed by atoms with van der Waals surface area (Å²) in [5, 5.41) is 16.8. The third-order valence-electron chi connectivity index (χ3n) is 2.76. The van der Waals surface area contributed by atoms with E-state index < -0.39 is 0 Å². The lowest BCUT2D eigenvalue weighted by molar-refractivity contribution is 0.161. The number of hydrogen-bond acceptors (Lipinski definition) is 3. The van der Waals surface area contributed by atoms with Crippen LogP contribution in [0.15, 0.2) is 12.3 Å². The standard InChI is InChI=1S/C11H21N3O/c1-4-12-11(3,9-15)6-8-14-10(2)5-7-13-14/h5,7,12,15H,4,6,8-9H2,1-3H3. The monoisotopic (exact) mass is 211 g/mol. The first-order valence-electron chi connectivity index (χ1n) is 5.45. The maximum atomic E-state index is 9.32. The summed E-state index contributed by atoms with van der Waals surface area (Å²) in [6, 6.07) is 1.99. The van der Waals surface area contributed by atoms with Crippen molar-refractivity contribution in [3.05, 3.63) is 18.0 Å². The van der Waals surface area contributed by atoms with Gasteiger partial charge < -0.3 is 10.4 Å². The van der Waals surface area contributed by atoms with Crippen LogP contribution in [0.3, 0.4) is 0 Å². The van der Waals surface area contributed by atoms with Gasteiger partial charge in [-0.1, -0.05) is 6.92 Å². The molecule has 1 unspecified atom stereocenters. The number of aliphatic hydroxyl groups is 1. The van der Waals surface area contributed by atoms with Crippen molar-refractivity contribution >= 4 is 0 Å². The van der Waals surface area contributed by atoms with Crippen LogP contribution in [-0.4, -0.2) is 33.6 Å². The average molecular weight is 211 g/mol. The van der Waals surface area contributed by atoms with Gasteiger partial charge >= 0.3 is 0 Å². The minimum atomic E-state index is -0.201.